The van der Waals surface area contributed by atoms with Crippen LogP contribution in [-0.2, 0) is 0 Å². The lowest BCUT2D eigenvalue weighted by atomic mass is 10.1. The summed E-state index contributed by atoms with van der Waals surface area (Å²) in [6.07, 6.45) is 1.32. The molecule has 17 heavy (non-hydrogen) atoms. The van der Waals surface area contributed by atoms with Crippen LogP contribution in [0.4, 0.5) is 4.39 Å². The molecule has 0 heterocycles. The summed E-state index contributed by atoms with van der Waals surface area (Å²) in [5.41, 5.74) is -0.0659. The monoisotopic (exact) mass is 298 g/mol. The molecule has 1 aromatic rings. The zero-order chi connectivity index (χ0) is 12.8. The fraction of sp³-hybridized carbons (Fsp3) is 0.333. The van der Waals surface area contributed by atoms with Crippen molar-refractivity contribution in [3.63, 3.8) is 0 Å². The summed E-state index contributed by atoms with van der Waals surface area (Å²) in [5.74, 6) is -1.18. The molecule has 0 spiro atoms. The Morgan fingerprint density at radius 2 is 2.35 bits per heavy atom. The van der Waals surface area contributed by atoms with E-state index in [0.717, 1.165) is 6.42 Å². The summed E-state index contributed by atoms with van der Waals surface area (Å²) in [6.45, 7) is 1.91. The Kier molecular flexibility index (Phi) is 5.11. The molecule has 1 unspecified atom stereocenters. The molecule has 1 aromatic carbocycles. The molecule has 1 rings (SSSR count). The fourth-order valence-corrected chi connectivity index (χ4v) is 1.92. The molecule has 0 aliphatic heterocycles. The molecule has 0 saturated carbocycles. The van der Waals surface area contributed by atoms with Gasteiger partial charge in [-0.15, -0.1) is 0 Å². The van der Waals surface area contributed by atoms with Crippen LogP contribution in [0, 0.1) is 17.1 Å². The van der Waals surface area contributed by atoms with E-state index in [-0.39, 0.29) is 5.56 Å². The van der Waals surface area contributed by atoms with Gasteiger partial charge in [0.2, 0.25) is 0 Å². The van der Waals surface area contributed by atoms with Crippen LogP contribution in [0.5, 0.6) is 0 Å². The van der Waals surface area contributed by atoms with Crippen LogP contribution in [0.25, 0.3) is 0 Å². The molecule has 1 amide bonds. The summed E-state index contributed by atoms with van der Waals surface area (Å²) in [6, 6.07) is 5.68. The lowest BCUT2D eigenvalue weighted by Crippen LogP contribution is -2.34. The Bertz CT molecular complexity index is 436. The van der Waals surface area contributed by atoms with Crippen LogP contribution >= 0.6 is 15.9 Å². The average Bonchev–Trinajstić information content (AvgIpc) is 2.28. The highest BCUT2D eigenvalue weighted by Crippen LogP contribution is 2.19. The standard InChI is InChI=1S/C12H12BrFN2O/c1-2-4-8(7-15)16-12(17)11-9(13)5-3-6-10(11)14/h3,5-6,8H,2,4H2,1H3,(H,16,17). The van der Waals surface area contributed by atoms with Gasteiger partial charge in [0.05, 0.1) is 11.6 Å². The van der Waals surface area contributed by atoms with Crippen molar-refractivity contribution in [1.29, 1.82) is 5.26 Å². The third-order valence-electron chi connectivity index (χ3n) is 2.23. The first-order chi connectivity index (χ1) is 8.10. The van der Waals surface area contributed by atoms with E-state index in [1.54, 1.807) is 6.07 Å². The number of amides is 1. The van der Waals surface area contributed by atoms with Gasteiger partial charge in [-0.3, -0.25) is 4.79 Å². The van der Waals surface area contributed by atoms with Crippen LogP contribution in [0.3, 0.4) is 0 Å². The highest BCUT2D eigenvalue weighted by Gasteiger charge is 2.18. The van der Waals surface area contributed by atoms with Gasteiger partial charge in [-0.2, -0.15) is 5.26 Å². The number of rotatable bonds is 4. The Labute approximate surface area is 108 Å². The third kappa shape index (κ3) is 3.53. The second-order valence-electron chi connectivity index (χ2n) is 3.54. The van der Waals surface area contributed by atoms with Crippen molar-refractivity contribution in [1.82, 2.24) is 5.32 Å². The van der Waals surface area contributed by atoms with Gasteiger partial charge in [0.1, 0.15) is 11.9 Å². The summed E-state index contributed by atoms with van der Waals surface area (Å²) in [5, 5.41) is 11.3. The molecular formula is C12H12BrFN2O. The highest BCUT2D eigenvalue weighted by atomic mass is 79.9. The maximum absolute atomic E-state index is 13.5. The predicted octanol–water partition coefficient (Wildman–Crippen LogP) is 3.01. The zero-order valence-corrected chi connectivity index (χ0v) is 10.9. The molecule has 5 heteroatoms. The Hall–Kier alpha value is -1.41. The second kappa shape index (κ2) is 6.36. The Morgan fingerprint density at radius 1 is 1.65 bits per heavy atom. The van der Waals surface area contributed by atoms with Crippen LogP contribution in [0.2, 0.25) is 0 Å². The minimum absolute atomic E-state index is 0.0659. The first-order valence-electron chi connectivity index (χ1n) is 5.24. The molecule has 0 aliphatic carbocycles. The number of nitrogens with zero attached hydrogens (tertiary/aromatic N) is 1. The van der Waals surface area contributed by atoms with Crippen LogP contribution < -0.4 is 5.32 Å². The van der Waals surface area contributed by atoms with Gasteiger partial charge in [0, 0.05) is 4.47 Å². The average molecular weight is 299 g/mol. The molecule has 0 aromatic heterocycles. The Morgan fingerprint density at radius 3 is 2.88 bits per heavy atom. The van der Waals surface area contributed by atoms with E-state index in [4.69, 9.17) is 5.26 Å². The van der Waals surface area contributed by atoms with Crippen LogP contribution in [-0.4, -0.2) is 11.9 Å². The first kappa shape index (κ1) is 13.7. The van der Waals surface area contributed by atoms with Gasteiger partial charge >= 0.3 is 0 Å². The normalized spacial score (nSPS) is 11.6. The smallest absolute Gasteiger partial charge is 0.256 e. The highest BCUT2D eigenvalue weighted by molar-refractivity contribution is 9.10. The molecule has 1 atom stereocenters. The van der Waals surface area contributed by atoms with Crippen molar-refractivity contribution in [3.05, 3.63) is 34.1 Å². The molecular weight excluding hydrogens is 287 g/mol. The van der Waals surface area contributed by atoms with Gasteiger partial charge in [-0.1, -0.05) is 19.4 Å². The lowest BCUT2D eigenvalue weighted by Gasteiger charge is -2.11. The van der Waals surface area contributed by atoms with E-state index < -0.39 is 17.8 Å². The number of halogens is 2. The molecule has 90 valence electrons. The van der Waals surface area contributed by atoms with E-state index in [2.05, 4.69) is 21.2 Å². The van der Waals surface area contributed by atoms with Gasteiger partial charge in [-0.05, 0) is 34.5 Å². The summed E-state index contributed by atoms with van der Waals surface area (Å²) < 4.78 is 13.8. The molecule has 0 bridgehead atoms. The largest absolute Gasteiger partial charge is 0.336 e. The second-order valence-corrected chi connectivity index (χ2v) is 4.39. The van der Waals surface area contributed by atoms with E-state index >= 15 is 0 Å². The van der Waals surface area contributed by atoms with Crippen molar-refractivity contribution in [2.75, 3.05) is 0 Å². The van der Waals surface area contributed by atoms with Gasteiger partial charge in [-0.25, -0.2) is 4.39 Å². The number of nitrogens with one attached hydrogen (secondary N) is 1. The van der Waals surface area contributed by atoms with Crippen LogP contribution in [0.1, 0.15) is 30.1 Å². The van der Waals surface area contributed by atoms with E-state index in [9.17, 15) is 9.18 Å². The maximum atomic E-state index is 13.5. The van der Waals surface area contributed by atoms with Gasteiger partial charge in [0.15, 0.2) is 0 Å². The number of nitriles is 1. The van der Waals surface area contributed by atoms with Gasteiger partial charge < -0.3 is 5.32 Å². The first-order valence-corrected chi connectivity index (χ1v) is 6.04. The number of hydrogen-bond donors (Lipinski definition) is 1. The Balaban J connectivity index is 2.87. The SMILES string of the molecule is CCCC(C#N)NC(=O)c1c(F)cccc1Br. The molecule has 0 saturated heterocycles. The molecule has 0 aliphatic rings. The van der Waals surface area contributed by atoms with Crippen molar-refractivity contribution in [3.8, 4) is 6.07 Å². The summed E-state index contributed by atoms with van der Waals surface area (Å²) in [7, 11) is 0. The maximum Gasteiger partial charge on any atom is 0.256 e. The molecule has 0 fully saturated rings. The molecule has 1 N–H and O–H groups in total. The number of benzene rings is 1. The summed E-state index contributed by atoms with van der Waals surface area (Å²) in [4.78, 5) is 11.8. The van der Waals surface area contributed by atoms with E-state index in [0.29, 0.717) is 10.9 Å². The minimum Gasteiger partial charge on any atom is -0.336 e. The molecule has 3 nitrogen and oxygen atoms in total. The topological polar surface area (TPSA) is 52.9 Å². The van der Waals surface area contributed by atoms with Crippen LogP contribution in [0.15, 0.2) is 22.7 Å². The van der Waals surface area contributed by atoms with Crippen molar-refractivity contribution < 1.29 is 9.18 Å². The third-order valence-corrected chi connectivity index (χ3v) is 2.89. The van der Waals surface area contributed by atoms with E-state index in [1.807, 2.05) is 13.0 Å². The minimum atomic E-state index is -0.606. The van der Waals surface area contributed by atoms with Gasteiger partial charge in [0.25, 0.3) is 5.91 Å². The summed E-state index contributed by atoms with van der Waals surface area (Å²) >= 11 is 3.11. The number of carbonyl (C=O) groups excluding carboxylic acids is 1. The lowest BCUT2D eigenvalue weighted by molar-refractivity contribution is 0.0939. The molecule has 0 radical (unpaired) electrons. The fourth-order valence-electron chi connectivity index (χ4n) is 1.40. The number of carbonyl (C=O) groups is 1. The van der Waals surface area contributed by atoms with Crippen molar-refractivity contribution in [2.45, 2.75) is 25.8 Å². The van der Waals surface area contributed by atoms with Crippen molar-refractivity contribution >= 4 is 21.8 Å². The van der Waals surface area contributed by atoms with E-state index in [1.165, 1.54) is 12.1 Å². The van der Waals surface area contributed by atoms with Crippen molar-refractivity contribution in [2.24, 2.45) is 0 Å². The predicted molar refractivity (Wildman–Crippen MR) is 65.9 cm³/mol. The zero-order valence-electron chi connectivity index (χ0n) is 9.34. The quantitative estimate of drug-likeness (QED) is 0.929. The number of hydrogen-bond acceptors (Lipinski definition) is 2.